The van der Waals surface area contributed by atoms with Gasteiger partial charge in [-0.15, -0.1) is 0 Å². The first-order valence-corrected chi connectivity index (χ1v) is 8.13. The zero-order valence-corrected chi connectivity index (χ0v) is 11.3. The number of benzene rings is 1. The molecule has 0 amide bonds. The highest BCUT2D eigenvalue weighted by atomic mass is 32.4. The molecule has 5 unspecified atom stereocenters. The van der Waals surface area contributed by atoms with Crippen molar-refractivity contribution in [2.75, 3.05) is 13.2 Å². The van der Waals surface area contributed by atoms with Gasteiger partial charge >= 0.3 is 6.92 Å². The van der Waals surface area contributed by atoms with Gasteiger partial charge in [-0.2, -0.15) is 4.52 Å². The van der Waals surface area contributed by atoms with Crippen LogP contribution in [0.1, 0.15) is 0 Å². The average molecular weight is 285 g/mol. The lowest BCUT2D eigenvalue weighted by Crippen LogP contribution is -2.32. The monoisotopic (exact) mass is 285 g/mol. The molecule has 2 fully saturated rings. The Morgan fingerprint density at radius 2 is 1.89 bits per heavy atom. The summed E-state index contributed by atoms with van der Waals surface area (Å²) in [5, 5.41) is 10.7. The lowest BCUT2D eigenvalue weighted by atomic mass is 10.1. The van der Waals surface area contributed by atoms with Gasteiger partial charge in [0.05, 0.1) is 13.2 Å². The van der Waals surface area contributed by atoms with Gasteiger partial charge in [0.2, 0.25) is 11.8 Å². The van der Waals surface area contributed by atoms with E-state index in [-0.39, 0.29) is 18.3 Å². The number of aliphatic hydroxyl groups excluding tert-OH is 1. The maximum absolute atomic E-state index is 9.64. The molecule has 0 spiro atoms. The third kappa shape index (κ3) is 2.35. The minimum absolute atomic E-state index is 0.170. The summed E-state index contributed by atoms with van der Waals surface area (Å²) in [5.41, 5.74) is 0. The van der Waals surface area contributed by atoms with Crippen molar-refractivity contribution in [2.45, 2.75) is 24.4 Å². The summed E-state index contributed by atoms with van der Waals surface area (Å²) < 4.78 is 16.9. The van der Waals surface area contributed by atoms with Crippen LogP contribution in [0.2, 0.25) is 0 Å². The summed E-state index contributed by atoms with van der Waals surface area (Å²) in [6.07, 6.45) is -1.16. The molecule has 6 heteroatoms. The molecule has 2 heterocycles. The molecule has 2 aliphatic heterocycles. The molecule has 0 aromatic heterocycles. The number of rotatable bonds is 3. The largest absolute Gasteiger partial charge is 0.388 e. The van der Waals surface area contributed by atoms with Crippen LogP contribution in [0.5, 0.6) is 0 Å². The Labute approximate surface area is 111 Å². The third-order valence-electron chi connectivity index (χ3n) is 3.18. The number of hydrogen-bond acceptors (Lipinski definition) is 5. The predicted molar refractivity (Wildman–Crippen MR) is 70.7 cm³/mol. The maximum Gasteiger partial charge on any atom is 0.378 e. The lowest BCUT2D eigenvalue weighted by molar-refractivity contribution is 0.0111. The lowest BCUT2D eigenvalue weighted by Gasteiger charge is -2.11. The van der Waals surface area contributed by atoms with Gasteiger partial charge in [-0.1, -0.05) is 18.2 Å². The van der Waals surface area contributed by atoms with E-state index in [4.69, 9.17) is 25.8 Å². The SMILES string of the molecule is OC1COC2C(O[P+](=S)c3ccccc3)COC12. The number of hydrogen-bond donors (Lipinski definition) is 1. The topological polar surface area (TPSA) is 47.9 Å². The van der Waals surface area contributed by atoms with Crippen LogP contribution in [-0.4, -0.2) is 42.7 Å². The summed E-state index contributed by atoms with van der Waals surface area (Å²) in [5.74, 6) is 0. The summed E-state index contributed by atoms with van der Waals surface area (Å²) in [6, 6.07) is 9.79. The van der Waals surface area contributed by atoms with E-state index < -0.39 is 13.0 Å². The van der Waals surface area contributed by atoms with Gasteiger partial charge in [-0.05, 0) is 12.1 Å². The van der Waals surface area contributed by atoms with Crippen molar-refractivity contribution in [3.8, 4) is 0 Å². The van der Waals surface area contributed by atoms with Crippen LogP contribution in [-0.2, 0) is 25.8 Å². The Balaban J connectivity index is 1.66. The first kappa shape index (κ1) is 12.6. The molecule has 0 saturated carbocycles. The number of aliphatic hydroxyl groups is 1. The standard InChI is InChI=1S/C12H14O4PS/c13-9-6-14-12-10(7-15-11(9)12)16-17(18)8-4-2-1-3-5-8/h1-5,9-13H,6-7H2/q+1. The Hall–Kier alpha value is -0.420. The zero-order valence-electron chi connectivity index (χ0n) is 9.64. The van der Waals surface area contributed by atoms with Gasteiger partial charge in [0.15, 0.2) is 11.4 Å². The van der Waals surface area contributed by atoms with Gasteiger partial charge in [-0.25, -0.2) is 0 Å². The molecule has 18 heavy (non-hydrogen) atoms. The molecule has 96 valence electrons. The smallest absolute Gasteiger partial charge is 0.378 e. The van der Waals surface area contributed by atoms with Crippen LogP contribution in [0, 0.1) is 0 Å². The summed E-state index contributed by atoms with van der Waals surface area (Å²) >= 11 is 5.40. The number of ether oxygens (including phenoxy) is 2. The van der Waals surface area contributed by atoms with Crippen LogP contribution < -0.4 is 5.30 Å². The zero-order chi connectivity index (χ0) is 12.5. The van der Waals surface area contributed by atoms with E-state index in [1.807, 2.05) is 30.3 Å². The Morgan fingerprint density at radius 1 is 1.17 bits per heavy atom. The normalized spacial score (nSPS) is 35.5. The molecule has 5 atom stereocenters. The average Bonchev–Trinajstić information content (AvgIpc) is 2.95. The molecule has 1 aromatic rings. The highest BCUT2D eigenvalue weighted by Crippen LogP contribution is 2.34. The number of fused-ring (bicyclic) bond motifs is 1. The predicted octanol–water partition coefficient (Wildman–Crippen LogP) is 0.714. The van der Waals surface area contributed by atoms with Crippen LogP contribution in [0.3, 0.4) is 0 Å². The molecule has 2 aliphatic rings. The Bertz CT molecular complexity index is 441. The van der Waals surface area contributed by atoms with Crippen molar-refractivity contribution in [1.29, 1.82) is 0 Å². The van der Waals surface area contributed by atoms with Crippen LogP contribution in [0.15, 0.2) is 30.3 Å². The molecule has 4 nitrogen and oxygen atoms in total. The molecule has 0 bridgehead atoms. The Morgan fingerprint density at radius 3 is 2.67 bits per heavy atom. The maximum atomic E-state index is 9.64. The van der Waals surface area contributed by atoms with Crippen LogP contribution in [0.25, 0.3) is 0 Å². The summed E-state index contributed by atoms with van der Waals surface area (Å²) in [4.78, 5) is 0. The van der Waals surface area contributed by atoms with E-state index in [0.717, 1.165) is 5.30 Å². The van der Waals surface area contributed by atoms with E-state index in [1.165, 1.54) is 0 Å². The van der Waals surface area contributed by atoms with Gasteiger partial charge in [-0.3, -0.25) is 0 Å². The molecule has 0 radical (unpaired) electrons. The Kier molecular flexibility index (Phi) is 3.71. The minimum atomic E-state index is -1.08. The molecule has 1 N–H and O–H groups in total. The van der Waals surface area contributed by atoms with Gasteiger partial charge < -0.3 is 14.6 Å². The van der Waals surface area contributed by atoms with Gasteiger partial charge in [0, 0.05) is 0 Å². The quantitative estimate of drug-likeness (QED) is 0.829. The second-order valence-corrected chi connectivity index (χ2v) is 6.64. The highest BCUT2D eigenvalue weighted by Gasteiger charge is 2.50. The van der Waals surface area contributed by atoms with Crippen molar-refractivity contribution >= 4 is 24.0 Å². The molecule has 0 aliphatic carbocycles. The fraction of sp³-hybridized carbons (Fsp3) is 0.500. The van der Waals surface area contributed by atoms with Crippen LogP contribution in [0.4, 0.5) is 0 Å². The van der Waals surface area contributed by atoms with E-state index >= 15 is 0 Å². The van der Waals surface area contributed by atoms with E-state index in [1.54, 1.807) is 0 Å². The van der Waals surface area contributed by atoms with Gasteiger partial charge in [0.25, 0.3) is 0 Å². The van der Waals surface area contributed by atoms with Crippen molar-refractivity contribution < 1.29 is 19.1 Å². The second kappa shape index (κ2) is 5.29. The third-order valence-corrected chi connectivity index (χ3v) is 5.25. The fourth-order valence-electron chi connectivity index (χ4n) is 2.27. The summed E-state index contributed by atoms with van der Waals surface area (Å²) in [7, 11) is 0. The van der Waals surface area contributed by atoms with Crippen molar-refractivity contribution in [3.05, 3.63) is 30.3 Å². The molecule has 3 rings (SSSR count). The molecule has 1 aromatic carbocycles. The van der Waals surface area contributed by atoms with E-state index in [0.29, 0.717) is 13.2 Å². The minimum Gasteiger partial charge on any atom is -0.388 e. The first-order chi connectivity index (χ1) is 8.75. The van der Waals surface area contributed by atoms with Crippen molar-refractivity contribution in [2.24, 2.45) is 0 Å². The molecular weight excluding hydrogens is 271 g/mol. The van der Waals surface area contributed by atoms with E-state index in [2.05, 4.69) is 0 Å². The van der Waals surface area contributed by atoms with E-state index in [9.17, 15) is 5.11 Å². The molecular formula is C12H14O4PS+. The highest BCUT2D eigenvalue weighted by molar-refractivity contribution is 8.06. The first-order valence-electron chi connectivity index (χ1n) is 5.86. The van der Waals surface area contributed by atoms with Crippen molar-refractivity contribution in [3.63, 3.8) is 0 Å². The molecule has 2 saturated heterocycles. The van der Waals surface area contributed by atoms with Crippen molar-refractivity contribution in [1.82, 2.24) is 0 Å². The summed E-state index contributed by atoms with van der Waals surface area (Å²) in [6.45, 7) is -0.328. The van der Waals surface area contributed by atoms with Crippen LogP contribution >= 0.6 is 6.92 Å². The fourth-order valence-corrected chi connectivity index (χ4v) is 3.93. The second-order valence-electron chi connectivity index (χ2n) is 4.40. The van der Waals surface area contributed by atoms with Gasteiger partial charge in [0.1, 0.15) is 18.3 Å².